The minimum absolute atomic E-state index is 0.0806. The third-order valence-electron chi connectivity index (χ3n) is 4.85. The third-order valence-corrected chi connectivity index (χ3v) is 4.85. The van der Waals surface area contributed by atoms with Crippen LogP contribution in [0.15, 0.2) is 60.9 Å². The second-order valence-corrected chi connectivity index (χ2v) is 6.72. The number of anilines is 1. The standard InChI is InChI=1S/C22H21N5O2/c1-13(14-6-4-3-5-7-14)26-21-17-11-18(27-22(17)25-12-24-21)16-9-8-15(20(23)28)10-19(16)29-2/h3-13H,1-2H3,(H2,23,28)(H2,24,25,26,27)/t13-/m1/s1. The summed E-state index contributed by atoms with van der Waals surface area (Å²) in [6, 6.07) is 17.3. The van der Waals surface area contributed by atoms with Crippen molar-refractivity contribution in [1.29, 1.82) is 0 Å². The summed E-state index contributed by atoms with van der Waals surface area (Å²) in [7, 11) is 1.56. The van der Waals surface area contributed by atoms with E-state index in [1.54, 1.807) is 25.3 Å². The van der Waals surface area contributed by atoms with Crippen molar-refractivity contribution in [2.75, 3.05) is 12.4 Å². The number of H-pyrrole nitrogens is 1. The highest BCUT2D eigenvalue weighted by atomic mass is 16.5. The van der Waals surface area contributed by atoms with Crippen molar-refractivity contribution >= 4 is 22.8 Å². The molecule has 0 radical (unpaired) electrons. The molecule has 7 heteroatoms. The van der Waals surface area contributed by atoms with Crippen molar-refractivity contribution in [1.82, 2.24) is 15.0 Å². The smallest absolute Gasteiger partial charge is 0.248 e. The molecular weight excluding hydrogens is 366 g/mol. The second-order valence-electron chi connectivity index (χ2n) is 6.72. The van der Waals surface area contributed by atoms with Crippen LogP contribution in [-0.2, 0) is 0 Å². The fraction of sp³-hybridized carbons (Fsp3) is 0.136. The summed E-state index contributed by atoms with van der Waals surface area (Å²) < 4.78 is 5.46. The van der Waals surface area contributed by atoms with E-state index in [9.17, 15) is 4.79 Å². The van der Waals surface area contributed by atoms with E-state index in [0.29, 0.717) is 17.0 Å². The van der Waals surface area contributed by atoms with Crippen LogP contribution in [0.4, 0.5) is 5.82 Å². The van der Waals surface area contributed by atoms with Gasteiger partial charge in [-0.25, -0.2) is 9.97 Å². The number of nitrogens with zero attached hydrogens (tertiary/aromatic N) is 2. The largest absolute Gasteiger partial charge is 0.496 e. The maximum atomic E-state index is 11.5. The van der Waals surface area contributed by atoms with Crippen molar-refractivity contribution < 1.29 is 9.53 Å². The number of hydrogen-bond donors (Lipinski definition) is 3. The number of benzene rings is 2. The summed E-state index contributed by atoms with van der Waals surface area (Å²) in [6.45, 7) is 2.09. The molecule has 0 aliphatic heterocycles. The Morgan fingerprint density at radius 2 is 1.93 bits per heavy atom. The predicted molar refractivity (Wildman–Crippen MR) is 113 cm³/mol. The Morgan fingerprint density at radius 1 is 1.14 bits per heavy atom. The van der Waals surface area contributed by atoms with Gasteiger partial charge < -0.3 is 20.8 Å². The molecule has 4 rings (SSSR count). The molecular formula is C22H21N5O2. The Hall–Kier alpha value is -3.87. The first kappa shape index (κ1) is 18.5. The number of amides is 1. The minimum atomic E-state index is -0.501. The summed E-state index contributed by atoms with van der Waals surface area (Å²) >= 11 is 0. The molecule has 0 unspecified atom stereocenters. The molecule has 0 spiro atoms. The Labute approximate surface area is 168 Å². The molecule has 0 aliphatic rings. The van der Waals surface area contributed by atoms with Crippen molar-refractivity contribution in [3.05, 3.63) is 72.1 Å². The first-order valence-electron chi connectivity index (χ1n) is 9.20. The van der Waals surface area contributed by atoms with Gasteiger partial charge in [0.2, 0.25) is 5.91 Å². The summed E-state index contributed by atoms with van der Waals surface area (Å²) in [6.07, 6.45) is 1.52. The van der Waals surface area contributed by atoms with Crippen molar-refractivity contribution in [3.8, 4) is 17.0 Å². The van der Waals surface area contributed by atoms with Crippen LogP contribution < -0.4 is 15.8 Å². The molecule has 2 aromatic heterocycles. The molecule has 2 aromatic carbocycles. The van der Waals surface area contributed by atoms with Crippen molar-refractivity contribution in [2.45, 2.75) is 13.0 Å². The van der Waals surface area contributed by atoms with Crippen LogP contribution in [0.25, 0.3) is 22.3 Å². The number of fused-ring (bicyclic) bond motifs is 1. The zero-order valence-corrected chi connectivity index (χ0v) is 16.1. The van der Waals surface area contributed by atoms with Crippen LogP contribution in [-0.4, -0.2) is 28.0 Å². The number of methoxy groups -OCH3 is 1. The first-order valence-corrected chi connectivity index (χ1v) is 9.20. The molecule has 0 bridgehead atoms. The summed E-state index contributed by atoms with van der Waals surface area (Å²) in [5.74, 6) is 0.785. The van der Waals surface area contributed by atoms with Crippen LogP contribution in [0.5, 0.6) is 5.75 Å². The highest BCUT2D eigenvalue weighted by Gasteiger charge is 2.15. The van der Waals surface area contributed by atoms with E-state index in [-0.39, 0.29) is 6.04 Å². The Kier molecular flexibility index (Phi) is 4.87. The monoisotopic (exact) mass is 387 g/mol. The Balaban J connectivity index is 1.72. The number of carbonyl (C=O) groups excluding carboxylic acids is 1. The number of carbonyl (C=O) groups is 1. The molecule has 1 amide bonds. The van der Waals surface area contributed by atoms with Crippen LogP contribution >= 0.6 is 0 Å². The fourth-order valence-electron chi connectivity index (χ4n) is 3.30. The van der Waals surface area contributed by atoms with Gasteiger partial charge in [0.1, 0.15) is 23.5 Å². The second kappa shape index (κ2) is 7.63. The van der Waals surface area contributed by atoms with Crippen LogP contribution in [0, 0.1) is 0 Å². The quantitative estimate of drug-likeness (QED) is 0.465. The molecule has 0 aliphatic carbocycles. The molecule has 2 heterocycles. The van der Waals surface area contributed by atoms with Gasteiger partial charge in [0, 0.05) is 17.2 Å². The SMILES string of the molecule is COc1cc(C(N)=O)ccc1-c1cc2c(N[C@H](C)c3ccccc3)ncnc2[nH]1. The highest BCUT2D eigenvalue weighted by Crippen LogP contribution is 2.34. The van der Waals surface area contributed by atoms with Gasteiger partial charge in [-0.3, -0.25) is 4.79 Å². The zero-order chi connectivity index (χ0) is 20.4. The zero-order valence-electron chi connectivity index (χ0n) is 16.1. The number of nitrogens with two attached hydrogens (primary N) is 1. The molecule has 7 nitrogen and oxygen atoms in total. The lowest BCUT2D eigenvalue weighted by Gasteiger charge is -2.15. The Bertz CT molecular complexity index is 1170. The molecule has 29 heavy (non-hydrogen) atoms. The van der Waals surface area contributed by atoms with E-state index in [0.717, 1.165) is 22.5 Å². The topological polar surface area (TPSA) is 106 Å². The molecule has 4 aromatic rings. The van der Waals surface area contributed by atoms with Gasteiger partial charge in [0.15, 0.2) is 0 Å². The molecule has 0 saturated carbocycles. The van der Waals surface area contributed by atoms with E-state index in [2.05, 4.69) is 39.3 Å². The molecule has 4 N–H and O–H groups in total. The normalized spacial score (nSPS) is 11.9. The number of rotatable bonds is 6. The van der Waals surface area contributed by atoms with Crippen LogP contribution in [0.2, 0.25) is 0 Å². The summed E-state index contributed by atoms with van der Waals surface area (Å²) in [5.41, 5.74) is 9.25. The number of hydrogen-bond acceptors (Lipinski definition) is 5. The van der Waals surface area contributed by atoms with Crippen molar-refractivity contribution in [2.24, 2.45) is 5.73 Å². The maximum absolute atomic E-state index is 11.5. The number of ether oxygens (including phenoxy) is 1. The number of nitrogens with one attached hydrogen (secondary N) is 2. The lowest BCUT2D eigenvalue weighted by atomic mass is 10.1. The van der Waals surface area contributed by atoms with Crippen molar-refractivity contribution in [3.63, 3.8) is 0 Å². The van der Waals surface area contributed by atoms with Crippen LogP contribution in [0.3, 0.4) is 0 Å². The summed E-state index contributed by atoms with van der Waals surface area (Å²) in [4.78, 5) is 23.5. The number of aromatic nitrogens is 3. The van der Waals surface area contributed by atoms with E-state index >= 15 is 0 Å². The molecule has 146 valence electrons. The minimum Gasteiger partial charge on any atom is -0.496 e. The van der Waals surface area contributed by atoms with Gasteiger partial charge in [-0.05, 0) is 36.8 Å². The molecule has 0 saturated heterocycles. The number of primary amides is 1. The number of aromatic amines is 1. The molecule has 0 fully saturated rings. The summed E-state index contributed by atoms with van der Waals surface area (Å²) in [5, 5.41) is 4.32. The van der Waals surface area contributed by atoms with E-state index < -0.39 is 5.91 Å². The lowest BCUT2D eigenvalue weighted by Crippen LogP contribution is -2.10. The highest BCUT2D eigenvalue weighted by molar-refractivity contribution is 5.95. The van der Waals surface area contributed by atoms with Gasteiger partial charge >= 0.3 is 0 Å². The average molecular weight is 387 g/mol. The molecule has 1 atom stereocenters. The third kappa shape index (κ3) is 3.62. The van der Waals surface area contributed by atoms with E-state index in [4.69, 9.17) is 10.5 Å². The van der Waals surface area contributed by atoms with Gasteiger partial charge in [0.05, 0.1) is 18.2 Å². The Morgan fingerprint density at radius 3 is 2.66 bits per heavy atom. The van der Waals surface area contributed by atoms with E-state index in [1.165, 1.54) is 11.9 Å². The maximum Gasteiger partial charge on any atom is 0.248 e. The predicted octanol–water partition coefficient (Wildman–Crippen LogP) is 3.91. The van der Waals surface area contributed by atoms with Gasteiger partial charge in [-0.1, -0.05) is 30.3 Å². The fourth-order valence-corrected chi connectivity index (χ4v) is 3.30. The first-order chi connectivity index (χ1) is 14.1. The van der Waals surface area contributed by atoms with E-state index in [1.807, 2.05) is 24.3 Å². The average Bonchev–Trinajstić information content (AvgIpc) is 3.19. The van der Waals surface area contributed by atoms with Gasteiger partial charge in [-0.15, -0.1) is 0 Å². The van der Waals surface area contributed by atoms with Crippen LogP contribution in [0.1, 0.15) is 28.9 Å². The van der Waals surface area contributed by atoms with Gasteiger partial charge in [-0.2, -0.15) is 0 Å². The van der Waals surface area contributed by atoms with Gasteiger partial charge in [0.25, 0.3) is 0 Å². The lowest BCUT2D eigenvalue weighted by molar-refractivity contribution is 0.1000.